The van der Waals surface area contributed by atoms with Crippen LogP contribution in [0.25, 0.3) is 15.9 Å². The molecule has 0 unspecified atom stereocenters. The van der Waals surface area contributed by atoms with Crippen molar-refractivity contribution >= 4 is 37.5 Å². The average Bonchev–Trinajstić information content (AvgIpc) is 3.07. The third-order valence-corrected chi connectivity index (χ3v) is 7.18. The fourth-order valence-corrected chi connectivity index (χ4v) is 5.18. The van der Waals surface area contributed by atoms with E-state index in [4.69, 9.17) is 4.74 Å². The molecule has 0 spiro atoms. The molecule has 0 aliphatic heterocycles. The number of halogens is 6. The lowest BCUT2D eigenvalue weighted by molar-refractivity contribution is -0.138. The summed E-state index contributed by atoms with van der Waals surface area (Å²) in [7, 11) is 1.19. The molecule has 0 aliphatic rings. The van der Waals surface area contributed by atoms with Gasteiger partial charge in [0, 0.05) is 5.56 Å². The van der Waals surface area contributed by atoms with Crippen molar-refractivity contribution in [2.75, 3.05) is 7.11 Å². The van der Waals surface area contributed by atoms with Gasteiger partial charge in [0.2, 0.25) is 0 Å². The number of benzene rings is 2. The van der Waals surface area contributed by atoms with E-state index in [2.05, 4.69) is 22.9 Å². The molecular formula is C22H13BrF5N2O3S. The molecule has 0 saturated heterocycles. The second kappa shape index (κ2) is 8.66. The summed E-state index contributed by atoms with van der Waals surface area (Å²) in [4.78, 5) is 26.7. The highest BCUT2D eigenvalue weighted by molar-refractivity contribution is 9.11. The van der Waals surface area contributed by atoms with Crippen molar-refractivity contribution in [2.24, 2.45) is 0 Å². The average molecular weight is 560 g/mol. The third kappa shape index (κ3) is 3.84. The standard InChI is InChI=1S/C22H13BrF5N2O3S/c1-10-16-19(31)30(14-7-4-8-15(33-2)17(14)25)21(32)29(20(16)34-18(10)23)9-11-12(22(26,27)28)5-3-6-13(11)24/h3-8H,1,9H2,2H3. The van der Waals surface area contributed by atoms with Crippen LogP contribution in [0.4, 0.5) is 22.0 Å². The summed E-state index contributed by atoms with van der Waals surface area (Å²) in [6.07, 6.45) is -4.90. The van der Waals surface area contributed by atoms with E-state index in [-0.39, 0.29) is 21.5 Å². The lowest BCUT2D eigenvalue weighted by Gasteiger charge is -2.17. The molecule has 0 N–H and O–H groups in total. The van der Waals surface area contributed by atoms with E-state index in [1.165, 1.54) is 19.2 Å². The first-order valence-electron chi connectivity index (χ1n) is 9.44. The smallest absolute Gasteiger partial charge is 0.416 e. The Labute approximate surface area is 200 Å². The van der Waals surface area contributed by atoms with Crippen molar-refractivity contribution < 1.29 is 26.7 Å². The molecule has 1 radical (unpaired) electrons. The van der Waals surface area contributed by atoms with Gasteiger partial charge in [-0.05, 0) is 52.7 Å². The van der Waals surface area contributed by atoms with Crippen LogP contribution in [-0.2, 0) is 12.7 Å². The van der Waals surface area contributed by atoms with E-state index in [0.29, 0.717) is 14.4 Å². The maximum Gasteiger partial charge on any atom is 0.416 e. The van der Waals surface area contributed by atoms with Crippen LogP contribution < -0.4 is 16.0 Å². The molecule has 4 rings (SSSR count). The van der Waals surface area contributed by atoms with Crippen molar-refractivity contribution in [1.29, 1.82) is 0 Å². The normalized spacial score (nSPS) is 11.9. The van der Waals surface area contributed by atoms with Crippen LogP contribution in [0.15, 0.2) is 49.8 Å². The fraction of sp³-hybridized carbons (Fsp3) is 0.136. The van der Waals surface area contributed by atoms with E-state index in [1.54, 1.807) is 0 Å². The Morgan fingerprint density at radius 1 is 1.12 bits per heavy atom. The monoisotopic (exact) mass is 559 g/mol. The van der Waals surface area contributed by atoms with Crippen LogP contribution in [-0.4, -0.2) is 16.2 Å². The first-order valence-corrected chi connectivity index (χ1v) is 11.1. The summed E-state index contributed by atoms with van der Waals surface area (Å²) in [5.41, 5.74) is -4.49. The molecule has 2 aromatic carbocycles. The summed E-state index contributed by atoms with van der Waals surface area (Å²) >= 11 is 4.08. The van der Waals surface area contributed by atoms with Crippen LogP contribution in [0.2, 0.25) is 0 Å². The molecule has 5 nitrogen and oxygen atoms in total. The summed E-state index contributed by atoms with van der Waals surface area (Å²) < 4.78 is 76.8. The molecular weight excluding hydrogens is 547 g/mol. The Morgan fingerprint density at radius 3 is 2.44 bits per heavy atom. The Balaban J connectivity index is 2.11. The van der Waals surface area contributed by atoms with E-state index in [0.717, 1.165) is 34.1 Å². The van der Waals surface area contributed by atoms with Crippen LogP contribution in [0.3, 0.4) is 0 Å². The number of rotatable bonds is 4. The van der Waals surface area contributed by atoms with Gasteiger partial charge in [-0.2, -0.15) is 13.2 Å². The van der Waals surface area contributed by atoms with Gasteiger partial charge in [0.15, 0.2) is 11.6 Å². The minimum atomic E-state index is -4.90. The van der Waals surface area contributed by atoms with Crippen LogP contribution in [0, 0.1) is 18.6 Å². The number of thiophene rings is 1. The molecule has 0 aliphatic carbocycles. The highest BCUT2D eigenvalue weighted by Gasteiger charge is 2.35. The van der Waals surface area contributed by atoms with Gasteiger partial charge in [-0.25, -0.2) is 18.1 Å². The van der Waals surface area contributed by atoms with Crippen molar-refractivity contribution in [3.8, 4) is 11.4 Å². The first-order chi connectivity index (χ1) is 16.0. The Bertz CT molecular complexity index is 1560. The molecule has 2 heterocycles. The van der Waals surface area contributed by atoms with Gasteiger partial charge in [0.05, 0.1) is 34.1 Å². The largest absolute Gasteiger partial charge is 0.494 e. The zero-order valence-electron chi connectivity index (χ0n) is 17.2. The number of fused-ring (bicyclic) bond motifs is 1. The number of methoxy groups -OCH3 is 1. The zero-order chi connectivity index (χ0) is 24.9. The minimum absolute atomic E-state index is 0.0391. The maximum atomic E-state index is 15.0. The number of aromatic nitrogens is 2. The number of alkyl halides is 3. The van der Waals surface area contributed by atoms with Gasteiger partial charge in [0.1, 0.15) is 10.6 Å². The predicted octanol–water partition coefficient (Wildman–Crippen LogP) is 5.51. The van der Waals surface area contributed by atoms with Crippen LogP contribution in [0.5, 0.6) is 5.75 Å². The first kappa shape index (κ1) is 24.1. The number of nitrogens with zero attached hydrogens (tertiary/aromatic N) is 2. The molecule has 177 valence electrons. The van der Waals surface area contributed by atoms with Crippen molar-refractivity contribution in [3.63, 3.8) is 0 Å². The van der Waals surface area contributed by atoms with E-state index in [1.807, 2.05) is 0 Å². The second-order valence-electron chi connectivity index (χ2n) is 7.10. The quantitative estimate of drug-likeness (QED) is 0.310. The topological polar surface area (TPSA) is 53.2 Å². The molecule has 0 amide bonds. The van der Waals surface area contributed by atoms with E-state index < -0.39 is 52.4 Å². The summed E-state index contributed by atoms with van der Waals surface area (Å²) in [5.74, 6) is -2.48. The Kier molecular flexibility index (Phi) is 6.15. The SMILES string of the molecule is [CH2]c1c(Br)sc2c1c(=O)n(-c1cccc(OC)c1F)c(=O)n2Cc1c(F)cccc1C(F)(F)F. The van der Waals surface area contributed by atoms with Crippen LogP contribution >= 0.6 is 27.3 Å². The number of ether oxygens (including phenoxy) is 1. The zero-order valence-corrected chi connectivity index (χ0v) is 19.6. The van der Waals surface area contributed by atoms with Crippen LogP contribution in [0.1, 0.15) is 16.7 Å². The van der Waals surface area contributed by atoms with E-state index >= 15 is 4.39 Å². The molecule has 0 saturated carbocycles. The van der Waals surface area contributed by atoms with Crippen molar-refractivity contribution in [3.05, 3.63) is 96.3 Å². The fourth-order valence-electron chi connectivity index (χ4n) is 3.57. The number of hydrogen-bond acceptors (Lipinski definition) is 4. The van der Waals surface area contributed by atoms with Gasteiger partial charge < -0.3 is 4.74 Å². The number of hydrogen-bond donors (Lipinski definition) is 0. The Morgan fingerprint density at radius 2 is 1.79 bits per heavy atom. The molecule has 0 atom stereocenters. The maximum absolute atomic E-state index is 15.0. The molecule has 0 bridgehead atoms. The van der Waals surface area contributed by atoms with Gasteiger partial charge >= 0.3 is 11.9 Å². The van der Waals surface area contributed by atoms with Gasteiger partial charge in [-0.3, -0.25) is 9.36 Å². The van der Waals surface area contributed by atoms with Gasteiger partial charge in [0.25, 0.3) is 5.56 Å². The second-order valence-corrected chi connectivity index (χ2v) is 9.42. The molecule has 0 fully saturated rings. The molecule has 2 aromatic heterocycles. The lowest BCUT2D eigenvalue weighted by atomic mass is 10.1. The third-order valence-electron chi connectivity index (χ3n) is 5.17. The molecule has 34 heavy (non-hydrogen) atoms. The molecule has 12 heteroatoms. The highest BCUT2D eigenvalue weighted by Crippen LogP contribution is 2.36. The van der Waals surface area contributed by atoms with Gasteiger partial charge in [-0.15, -0.1) is 11.3 Å². The Hall–Kier alpha value is -2.99. The van der Waals surface area contributed by atoms with Crippen molar-refractivity contribution in [2.45, 2.75) is 12.7 Å². The predicted molar refractivity (Wildman–Crippen MR) is 121 cm³/mol. The summed E-state index contributed by atoms with van der Waals surface area (Å²) in [6.45, 7) is 2.91. The molecule has 4 aromatic rings. The lowest BCUT2D eigenvalue weighted by Crippen LogP contribution is -2.39. The highest BCUT2D eigenvalue weighted by atomic mass is 79.9. The van der Waals surface area contributed by atoms with Crippen molar-refractivity contribution in [1.82, 2.24) is 9.13 Å². The summed E-state index contributed by atoms with van der Waals surface area (Å²) in [6, 6.07) is 6.18. The van der Waals surface area contributed by atoms with Gasteiger partial charge in [-0.1, -0.05) is 12.1 Å². The van der Waals surface area contributed by atoms with E-state index in [9.17, 15) is 27.2 Å². The minimum Gasteiger partial charge on any atom is -0.494 e. The summed E-state index contributed by atoms with van der Waals surface area (Å²) in [5, 5.41) is -0.122.